The second-order valence-corrected chi connectivity index (χ2v) is 4.98. The van der Waals surface area contributed by atoms with Gasteiger partial charge in [-0.25, -0.2) is 4.79 Å². The predicted octanol–water partition coefficient (Wildman–Crippen LogP) is 0.562. The highest BCUT2D eigenvalue weighted by atomic mass is 32.2. The van der Waals surface area contributed by atoms with Gasteiger partial charge in [-0.2, -0.15) is 11.8 Å². The number of rotatable bonds is 4. The van der Waals surface area contributed by atoms with Crippen LogP contribution in [-0.4, -0.2) is 41.3 Å². The molecule has 0 saturated carbocycles. The molecule has 5 heteroatoms. The molecule has 0 aliphatic carbocycles. The molecule has 0 aromatic carbocycles. The van der Waals surface area contributed by atoms with Gasteiger partial charge in [0, 0.05) is 11.8 Å². The highest BCUT2D eigenvalue weighted by Crippen LogP contribution is 2.25. The molecule has 0 radical (unpaired) electrons. The zero-order valence-corrected chi connectivity index (χ0v) is 9.27. The van der Waals surface area contributed by atoms with E-state index >= 15 is 0 Å². The van der Waals surface area contributed by atoms with Gasteiger partial charge in [-0.3, -0.25) is 0 Å². The van der Waals surface area contributed by atoms with Crippen LogP contribution in [0.2, 0.25) is 0 Å². The fourth-order valence-corrected chi connectivity index (χ4v) is 2.53. The van der Waals surface area contributed by atoms with Crippen LogP contribution in [0.25, 0.3) is 0 Å². The Kier molecular flexibility index (Phi) is 5.11. The summed E-state index contributed by atoms with van der Waals surface area (Å²) in [5, 5.41) is 14.7. The van der Waals surface area contributed by atoms with E-state index in [1.54, 1.807) is 6.92 Å². The Hall–Kier alpha value is -0.420. The molecule has 1 saturated heterocycles. The molecule has 1 aliphatic rings. The monoisotopic (exact) mass is 218 g/mol. The van der Waals surface area contributed by atoms with Crippen molar-refractivity contribution in [3.8, 4) is 0 Å². The van der Waals surface area contributed by atoms with Gasteiger partial charge in [0.1, 0.15) is 0 Å². The van der Waals surface area contributed by atoms with Gasteiger partial charge in [0.15, 0.2) is 0 Å². The average Bonchev–Trinajstić information content (AvgIpc) is 2.67. The van der Waals surface area contributed by atoms with Gasteiger partial charge in [-0.1, -0.05) is 0 Å². The Labute approximate surface area is 88.8 Å². The third-order valence-corrected chi connectivity index (χ3v) is 3.56. The van der Waals surface area contributed by atoms with Crippen molar-refractivity contribution in [2.24, 2.45) is 0 Å². The van der Waals surface area contributed by atoms with Gasteiger partial charge in [-0.05, 0) is 25.5 Å². The molecule has 2 unspecified atom stereocenters. The van der Waals surface area contributed by atoms with Gasteiger partial charge < -0.3 is 15.7 Å². The van der Waals surface area contributed by atoms with Crippen molar-refractivity contribution in [2.75, 3.05) is 18.9 Å². The number of carbonyl (C=O) groups is 1. The van der Waals surface area contributed by atoms with Crippen LogP contribution in [0.1, 0.15) is 19.8 Å². The van der Waals surface area contributed by atoms with E-state index in [1.807, 2.05) is 11.8 Å². The van der Waals surface area contributed by atoms with Gasteiger partial charge in [0.05, 0.1) is 12.6 Å². The zero-order chi connectivity index (χ0) is 10.4. The molecular weight excluding hydrogens is 200 g/mol. The van der Waals surface area contributed by atoms with E-state index in [2.05, 4.69) is 10.6 Å². The average molecular weight is 218 g/mol. The molecule has 0 spiro atoms. The number of hydrogen-bond acceptors (Lipinski definition) is 3. The van der Waals surface area contributed by atoms with Gasteiger partial charge in [-0.15, -0.1) is 0 Å². The Morgan fingerprint density at radius 1 is 1.71 bits per heavy atom. The van der Waals surface area contributed by atoms with E-state index < -0.39 is 0 Å². The Morgan fingerprint density at radius 2 is 2.50 bits per heavy atom. The largest absolute Gasteiger partial charge is 0.394 e. The third kappa shape index (κ3) is 4.19. The van der Waals surface area contributed by atoms with Crippen molar-refractivity contribution >= 4 is 17.8 Å². The fourth-order valence-electron chi connectivity index (χ4n) is 1.33. The number of amides is 2. The summed E-state index contributed by atoms with van der Waals surface area (Å²) in [7, 11) is 0. The van der Waals surface area contributed by atoms with E-state index in [0.717, 1.165) is 6.54 Å². The van der Waals surface area contributed by atoms with Crippen LogP contribution in [-0.2, 0) is 0 Å². The fraction of sp³-hybridized carbons (Fsp3) is 0.889. The highest BCUT2D eigenvalue weighted by Gasteiger charge is 2.16. The van der Waals surface area contributed by atoms with Crippen LogP contribution in [0.5, 0.6) is 0 Å². The third-order valence-electron chi connectivity index (χ3n) is 2.17. The van der Waals surface area contributed by atoms with Crippen LogP contribution in [0.15, 0.2) is 0 Å². The molecule has 1 heterocycles. The molecule has 0 bridgehead atoms. The summed E-state index contributed by atoms with van der Waals surface area (Å²) in [6.07, 6.45) is 2.45. The number of carbonyl (C=O) groups excluding carboxylic acids is 1. The van der Waals surface area contributed by atoms with E-state index in [9.17, 15) is 4.79 Å². The van der Waals surface area contributed by atoms with Crippen molar-refractivity contribution in [3.05, 3.63) is 0 Å². The van der Waals surface area contributed by atoms with Crippen molar-refractivity contribution in [1.82, 2.24) is 10.6 Å². The lowest BCUT2D eigenvalue weighted by atomic mass is 10.2. The van der Waals surface area contributed by atoms with Crippen LogP contribution >= 0.6 is 11.8 Å². The lowest BCUT2D eigenvalue weighted by Gasteiger charge is -2.14. The Balaban J connectivity index is 2.08. The molecule has 14 heavy (non-hydrogen) atoms. The van der Waals surface area contributed by atoms with Crippen LogP contribution < -0.4 is 10.6 Å². The lowest BCUT2D eigenvalue weighted by Crippen LogP contribution is -2.44. The minimum absolute atomic E-state index is 0.0222. The van der Waals surface area contributed by atoms with E-state index in [0.29, 0.717) is 5.25 Å². The molecule has 1 aliphatic heterocycles. The molecule has 1 fully saturated rings. The topological polar surface area (TPSA) is 61.4 Å². The van der Waals surface area contributed by atoms with Crippen molar-refractivity contribution in [1.29, 1.82) is 0 Å². The van der Waals surface area contributed by atoms with E-state index in [1.165, 1.54) is 18.6 Å². The summed E-state index contributed by atoms with van der Waals surface area (Å²) >= 11 is 1.92. The number of thioether (sulfide) groups is 1. The van der Waals surface area contributed by atoms with Crippen molar-refractivity contribution < 1.29 is 9.90 Å². The molecule has 0 aromatic heterocycles. The van der Waals surface area contributed by atoms with Crippen LogP contribution in [0.3, 0.4) is 0 Å². The van der Waals surface area contributed by atoms with Crippen molar-refractivity contribution in [3.63, 3.8) is 0 Å². The molecule has 1 rings (SSSR count). The maximum absolute atomic E-state index is 11.2. The number of aliphatic hydroxyl groups is 1. The van der Waals surface area contributed by atoms with Gasteiger partial charge in [0.25, 0.3) is 0 Å². The SMILES string of the molecule is CC(CO)NC(=O)NCC1CCCS1. The maximum Gasteiger partial charge on any atom is 0.315 e. The summed E-state index contributed by atoms with van der Waals surface area (Å²) in [5.74, 6) is 1.21. The van der Waals surface area contributed by atoms with Crippen molar-refractivity contribution in [2.45, 2.75) is 31.1 Å². The summed E-state index contributed by atoms with van der Waals surface area (Å²) in [4.78, 5) is 11.2. The standard InChI is InChI=1S/C9H18N2O2S/c1-7(6-12)11-9(13)10-5-8-3-2-4-14-8/h7-8,12H,2-6H2,1H3,(H2,10,11,13). The molecule has 2 atom stereocenters. The summed E-state index contributed by atoms with van der Waals surface area (Å²) < 4.78 is 0. The summed E-state index contributed by atoms with van der Waals surface area (Å²) in [6.45, 7) is 2.48. The first-order valence-corrected chi connectivity index (χ1v) is 6.04. The maximum atomic E-state index is 11.2. The molecule has 82 valence electrons. The van der Waals surface area contributed by atoms with E-state index in [4.69, 9.17) is 5.11 Å². The molecular formula is C9H18N2O2S. The molecule has 3 N–H and O–H groups in total. The molecule has 0 aromatic rings. The van der Waals surface area contributed by atoms with Crippen LogP contribution in [0, 0.1) is 0 Å². The summed E-state index contributed by atoms with van der Waals surface area (Å²) in [5.41, 5.74) is 0. The first-order chi connectivity index (χ1) is 6.72. The Bertz CT molecular complexity index is 184. The van der Waals surface area contributed by atoms with E-state index in [-0.39, 0.29) is 18.7 Å². The minimum Gasteiger partial charge on any atom is -0.394 e. The molecule has 4 nitrogen and oxygen atoms in total. The van der Waals surface area contributed by atoms with Crippen LogP contribution in [0.4, 0.5) is 4.79 Å². The molecule has 2 amide bonds. The summed E-state index contributed by atoms with van der Waals surface area (Å²) in [6, 6.07) is -0.356. The lowest BCUT2D eigenvalue weighted by molar-refractivity contribution is 0.220. The normalized spacial score (nSPS) is 23.1. The second-order valence-electron chi connectivity index (χ2n) is 3.57. The highest BCUT2D eigenvalue weighted by molar-refractivity contribution is 8.00. The number of nitrogens with one attached hydrogen (secondary N) is 2. The first kappa shape index (κ1) is 11.7. The zero-order valence-electron chi connectivity index (χ0n) is 8.45. The minimum atomic E-state index is -0.181. The number of hydrogen-bond donors (Lipinski definition) is 3. The first-order valence-electron chi connectivity index (χ1n) is 4.99. The quantitative estimate of drug-likeness (QED) is 0.646. The van der Waals surface area contributed by atoms with Gasteiger partial charge in [0.2, 0.25) is 0 Å². The Morgan fingerprint density at radius 3 is 3.07 bits per heavy atom. The predicted molar refractivity (Wildman–Crippen MR) is 58.6 cm³/mol. The number of aliphatic hydroxyl groups excluding tert-OH is 1. The second kappa shape index (κ2) is 6.14. The smallest absolute Gasteiger partial charge is 0.315 e. The number of urea groups is 1. The van der Waals surface area contributed by atoms with Gasteiger partial charge >= 0.3 is 6.03 Å².